The van der Waals surface area contributed by atoms with Crippen LogP contribution >= 0.6 is 0 Å². The molecule has 0 spiro atoms. The standard InChI is InChI=1S/C20H22N6O3/c1-29-18-12-14(6-7-17(18)26(27)28)25-10-8-24(9-11-25)13-19-22-16-5-3-2-4-15(16)20(21)23-19/h2-7,12H,8-11,13H2,1H3,(H2,21,22,23). The highest BCUT2D eigenvalue weighted by Gasteiger charge is 2.21. The van der Waals surface area contributed by atoms with E-state index in [9.17, 15) is 10.1 Å². The average Bonchev–Trinajstić information content (AvgIpc) is 2.74. The van der Waals surface area contributed by atoms with Gasteiger partial charge in [-0.3, -0.25) is 15.0 Å². The van der Waals surface area contributed by atoms with Crippen LogP contribution in [0.2, 0.25) is 0 Å². The molecule has 0 radical (unpaired) electrons. The molecule has 2 aromatic carbocycles. The van der Waals surface area contributed by atoms with Crippen LogP contribution in [0.5, 0.6) is 5.75 Å². The van der Waals surface area contributed by atoms with Crippen molar-refractivity contribution in [2.45, 2.75) is 6.54 Å². The number of benzene rings is 2. The lowest BCUT2D eigenvalue weighted by Crippen LogP contribution is -2.46. The number of nitrogens with two attached hydrogens (primary N) is 1. The molecule has 0 unspecified atom stereocenters. The molecule has 0 atom stereocenters. The van der Waals surface area contributed by atoms with Gasteiger partial charge in [0.05, 0.1) is 24.1 Å². The van der Waals surface area contributed by atoms with Crippen molar-refractivity contribution in [1.82, 2.24) is 14.9 Å². The van der Waals surface area contributed by atoms with Crippen LogP contribution in [-0.2, 0) is 6.54 Å². The van der Waals surface area contributed by atoms with Crippen LogP contribution < -0.4 is 15.4 Å². The van der Waals surface area contributed by atoms with Gasteiger partial charge in [-0.15, -0.1) is 0 Å². The quantitative estimate of drug-likeness (QED) is 0.519. The summed E-state index contributed by atoms with van der Waals surface area (Å²) in [4.78, 5) is 24.2. The van der Waals surface area contributed by atoms with Gasteiger partial charge in [0.1, 0.15) is 11.6 Å². The van der Waals surface area contributed by atoms with E-state index in [4.69, 9.17) is 10.5 Å². The Hall–Kier alpha value is -3.46. The third-order valence-corrected chi connectivity index (χ3v) is 5.14. The Labute approximate surface area is 167 Å². The molecule has 4 rings (SSSR count). The monoisotopic (exact) mass is 394 g/mol. The predicted octanol–water partition coefficient (Wildman–Crippen LogP) is 2.45. The first kappa shape index (κ1) is 18.9. The van der Waals surface area contributed by atoms with Crippen molar-refractivity contribution in [3.8, 4) is 5.75 Å². The van der Waals surface area contributed by atoms with E-state index in [-0.39, 0.29) is 11.4 Å². The number of hydrogen-bond acceptors (Lipinski definition) is 8. The number of nitrogen functional groups attached to an aromatic ring is 1. The summed E-state index contributed by atoms with van der Waals surface area (Å²) in [6.45, 7) is 3.88. The minimum atomic E-state index is -0.435. The van der Waals surface area contributed by atoms with Crippen LogP contribution in [0.25, 0.3) is 10.9 Å². The SMILES string of the molecule is COc1cc(N2CCN(Cc3nc(N)c4ccccc4n3)CC2)ccc1[N+](=O)[O-]. The highest BCUT2D eigenvalue weighted by molar-refractivity contribution is 5.87. The first-order valence-corrected chi connectivity index (χ1v) is 9.36. The molecule has 1 fully saturated rings. The van der Waals surface area contributed by atoms with Crippen LogP contribution in [0, 0.1) is 10.1 Å². The molecule has 150 valence electrons. The molecule has 1 saturated heterocycles. The van der Waals surface area contributed by atoms with Crippen LogP contribution in [0.4, 0.5) is 17.2 Å². The molecule has 2 N–H and O–H groups in total. The van der Waals surface area contributed by atoms with Crippen molar-refractivity contribution in [2.75, 3.05) is 43.9 Å². The molecule has 29 heavy (non-hydrogen) atoms. The zero-order valence-electron chi connectivity index (χ0n) is 16.1. The highest BCUT2D eigenvalue weighted by atomic mass is 16.6. The number of piperazine rings is 1. The first-order valence-electron chi connectivity index (χ1n) is 9.36. The van der Waals surface area contributed by atoms with Crippen molar-refractivity contribution < 1.29 is 9.66 Å². The fraction of sp³-hybridized carbons (Fsp3) is 0.300. The molecule has 0 amide bonds. The smallest absolute Gasteiger partial charge is 0.311 e. The van der Waals surface area contributed by atoms with Crippen LogP contribution in [-0.4, -0.2) is 53.1 Å². The van der Waals surface area contributed by atoms with Crippen molar-refractivity contribution >= 4 is 28.1 Å². The molecule has 1 aliphatic heterocycles. The number of nitrogens with zero attached hydrogens (tertiary/aromatic N) is 5. The summed E-state index contributed by atoms with van der Waals surface area (Å²) in [5, 5.41) is 11.9. The Morgan fingerprint density at radius 1 is 1.14 bits per heavy atom. The van der Waals surface area contributed by atoms with Gasteiger partial charge in [0.25, 0.3) is 0 Å². The summed E-state index contributed by atoms with van der Waals surface area (Å²) in [5.74, 6) is 1.49. The third-order valence-electron chi connectivity index (χ3n) is 5.14. The molecular formula is C20H22N6O3. The van der Waals surface area contributed by atoms with Gasteiger partial charge in [-0.25, -0.2) is 9.97 Å². The maximum absolute atomic E-state index is 11.1. The predicted molar refractivity (Wildman–Crippen MR) is 111 cm³/mol. The Bertz CT molecular complexity index is 1050. The summed E-state index contributed by atoms with van der Waals surface area (Å²) in [6, 6.07) is 12.7. The molecular weight excluding hydrogens is 372 g/mol. The molecule has 0 aliphatic carbocycles. The summed E-state index contributed by atoms with van der Waals surface area (Å²) in [6.07, 6.45) is 0. The topological polar surface area (TPSA) is 111 Å². The lowest BCUT2D eigenvalue weighted by atomic mass is 10.2. The van der Waals surface area contributed by atoms with Gasteiger partial charge in [0.2, 0.25) is 0 Å². The molecule has 9 heteroatoms. The largest absolute Gasteiger partial charge is 0.490 e. The number of para-hydroxylation sites is 1. The fourth-order valence-electron chi connectivity index (χ4n) is 3.60. The van der Waals surface area contributed by atoms with E-state index in [1.807, 2.05) is 24.3 Å². The van der Waals surface area contributed by atoms with E-state index in [1.54, 1.807) is 12.1 Å². The Morgan fingerprint density at radius 3 is 2.62 bits per heavy atom. The van der Waals surface area contributed by atoms with Gasteiger partial charge < -0.3 is 15.4 Å². The van der Waals surface area contributed by atoms with Crippen molar-refractivity contribution in [3.05, 3.63) is 58.4 Å². The van der Waals surface area contributed by atoms with Crippen LogP contribution in [0.15, 0.2) is 42.5 Å². The fourth-order valence-corrected chi connectivity index (χ4v) is 3.60. The minimum absolute atomic E-state index is 0.0269. The Morgan fingerprint density at radius 2 is 1.90 bits per heavy atom. The normalized spacial score (nSPS) is 14.9. The second kappa shape index (κ2) is 7.88. The number of aromatic nitrogens is 2. The lowest BCUT2D eigenvalue weighted by Gasteiger charge is -2.35. The van der Waals surface area contributed by atoms with Gasteiger partial charge in [0.15, 0.2) is 5.75 Å². The number of nitro groups is 1. The van der Waals surface area contributed by atoms with E-state index in [0.717, 1.165) is 42.8 Å². The molecule has 1 aromatic heterocycles. The molecule has 9 nitrogen and oxygen atoms in total. The van der Waals surface area contributed by atoms with Gasteiger partial charge in [-0.1, -0.05) is 12.1 Å². The van der Waals surface area contributed by atoms with Gasteiger partial charge in [0, 0.05) is 49.4 Å². The zero-order chi connectivity index (χ0) is 20.4. The number of hydrogen-bond donors (Lipinski definition) is 1. The second-order valence-electron chi connectivity index (χ2n) is 6.92. The zero-order valence-corrected chi connectivity index (χ0v) is 16.1. The molecule has 0 saturated carbocycles. The number of fused-ring (bicyclic) bond motifs is 1. The number of ether oxygens (including phenoxy) is 1. The number of anilines is 2. The first-order chi connectivity index (χ1) is 14.0. The van der Waals surface area contributed by atoms with Crippen LogP contribution in [0.3, 0.4) is 0 Å². The Kier molecular flexibility index (Phi) is 5.13. The lowest BCUT2D eigenvalue weighted by molar-refractivity contribution is -0.385. The minimum Gasteiger partial charge on any atom is -0.490 e. The Balaban J connectivity index is 1.43. The summed E-state index contributed by atoms with van der Waals surface area (Å²) in [7, 11) is 1.44. The molecule has 0 bridgehead atoms. The highest BCUT2D eigenvalue weighted by Crippen LogP contribution is 2.31. The van der Waals surface area contributed by atoms with Gasteiger partial charge in [-0.2, -0.15) is 0 Å². The average molecular weight is 394 g/mol. The van der Waals surface area contributed by atoms with E-state index in [1.165, 1.54) is 13.2 Å². The second-order valence-corrected chi connectivity index (χ2v) is 6.92. The number of nitro benzene ring substituents is 1. The van der Waals surface area contributed by atoms with Gasteiger partial charge in [-0.05, 0) is 18.2 Å². The van der Waals surface area contributed by atoms with Crippen molar-refractivity contribution in [3.63, 3.8) is 0 Å². The van der Waals surface area contributed by atoms with E-state index in [0.29, 0.717) is 18.2 Å². The number of methoxy groups -OCH3 is 1. The van der Waals surface area contributed by atoms with E-state index < -0.39 is 4.92 Å². The summed E-state index contributed by atoms with van der Waals surface area (Å²) in [5.41, 5.74) is 7.82. The number of rotatable bonds is 5. The third kappa shape index (κ3) is 3.90. The van der Waals surface area contributed by atoms with Crippen LogP contribution in [0.1, 0.15) is 5.82 Å². The molecule has 2 heterocycles. The van der Waals surface area contributed by atoms with Gasteiger partial charge >= 0.3 is 5.69 Å². The summed E-state index contributed by atoms with van der Waals surface area (Å²) >= 11 is 0. The van der Waals surface area contributed by atoms with E-state index in [2.05, 4.69) is 19.8 Å². The molecule has 1 aliphatic rings. The van der Waals surface area contributed by atoms with Crippen molar-refractivity contribution in [1.29, 1.82) is 0 Å². The molecule has 3 aromatic rings. The maximum atomic E-state index is 11.1. The maximum Gasteiger partial charge on any atom is 0.311 e. The van der Waals surface area contributed by atoms with Crippen molar-refractivity contribution in [2.24, 2.45) is 0 Å². The van der Waals surface area contributed by atoms with E-state index >= 15 is 0 Å². The summed E-state index contributed by atoms with van der Waals surface area (Å²) < 4.78 is 5.18.